The second kappa shape index (κ2) is 5.38. The number of hydrogen-bond acceptors (Lipinski definition) is 2. The van der Waals surface area contributed by atoms with Crippen molar-refractivity contribution < 1.29 is 9.59 Å². The molecule has 4 nitrogen and oxygen atoms in total. The zero-order valence-electron chi connectivity index (χ0n) is 13.3. The molecule has 0 aromatic carbocycles. The molecule has 0 aromatic rings. The van der Waals surface area contributed by atoms with Crippen molar-refractivity contribution >= 4 is 11.8 Å². The van der Waals surface area contributed by atoms with Crippen molar-refractivity contribution in [2.75, 3.05) is 6.54 Å². The Morgan fingerprint density at radius 1 is 1.20 bits per heavy atom. The molecule has 0 spiro atoms. The average molecular weight is 280 g/mol. The molecule has 1 aliphatic heterocycles. The fraction of sp³-hybridized carbons (Fsp3) is 0.875. The minimum atomic E-state index is -0.678. The molecule has 1 heterocycles. The van der Waals surface area contributed by atoms with E-state index >= 15 is 0 Å². The predicted octanol–water partition coefficient (Wildman–Crippen LogP) is 2.47. The molecule has 0 radical (unpaired) electrons. The van der Waals surface area contributed by atoms with Gasteiger partial charge in [0.2, 0.25) is 11.8 Å². The van der Waals surface area contributed by atoms with Crippen LogP contribution in [-0.4, -0.2) is 34.8 Å². The zero-order valence-corrected chi connectivity index (χ0v) is 13.3. The van der Waals surface area contributed by atoms with E-state index in [0.29, 0.717) is 19.3 Å². The molecule has 2 fully saturated rings. The van der Waals surface area contributed by atoms with E-state index in [9.17, 15) is 9.59 Å². The Bertz CT molecular complexity index is 397. The summed E-state index contributed by atoms with van der Waals surface area (Å²) < 4.78 is 0. The standard InChI is InChI=1S/C16H28N2O2/c1-5-12-13(19)17-16(6-2,7-3)14(20)18(12)11-15(4)9-8-10-15/h12H,5-11H2,1-4H3,(H,17,19). The summed E-state index contributed by atoms with van der Waals surface area (Å²) in [6, 6.07) is -0.286. The van der Waals surface area contributed by atoms with Gasteiger partial charge in [-0.2, -0.15) is 0 Å². The Labute approximate surface area is 122 Å². The lowest BCUT2D eigenvalue weighted by molar-refractivity contribution is -0.158. The van der Waals surface area contributed by atoms with Gasteiger partial charge in [0.15, 0.2) is 0 Å². The van der Waals surface area contributed by atoms with Crippen molar-refractivity contribution in [1.82, 2.24) is 10.2 Å². The molecule has 0 aromatic heterocycles. The van der Waals surface area contributed by atoms with Gasteiger partial charge in [-0.3, -0.25) is 9.59 Å². The van der Waals surface area contributed by atoms with Crippen LogP contribution in [0.3, 0.4) is 0 Å². The number of carbonyl (C=O) groups is 2. The number of piperazine rings is 1. The number of rotatable bonds is 5. The van der Waals surface area contributed by atoms with Crippen LogP contribution >= 0.6 is 0 Å². The SMILES string of the molecule is CCC1C(=O)NC(CC)(CC)C(=O)N1CC1(C)CCC1. The second-order valence-corrected chi connectivity index (χ2v) is 6.80. The summed E-state index contributed by atoms with van der Waals surface area (Å²) in [5, 5.41) is 3.00. The first-order valence-electron chi connectivity index (χ1n) is 8.04. The zero-order chi connectivity index (χ0) is 15.0. The fourth-order valence-electron chi connectivity index (χ4n) is 3.60. The predicted molar refractivity (Wildman–Crippen MR) is 79.2 cm³/mol. The summed E-state index contributed by atoms with van der Waals surface area (Å²) in [4.78, 5) is 27.2. The molecular formula is C16H28N2O2. The van der Waals surface area contributed by atoms with Crippen molar-refractivity contribution in [1.29, 1.82) is 0 Å². The fourth-order valence-corrected chi connectivity index (χ4v) is 3.60. The van der Waals surface area contributed by atoms with Gasteiger partial charge in [0.1, 0.15) is 11.6 Å². The molecule has 1 N–H and O–H groups in total. The quantitative estimate of drug-likeness (QED) is 0.841. The van der Waals surface area contributed by atoms with Crippen LogP contribution in [0.4, 0.5) is 0 Å². The molecule has 0 bridgehead atoms. The van der Waals surface area contributed by atoms with Crippen LogP contribution in [0.25, 0.3) is 0 Å². The molecule has 2 amide bonds. The molecule has 1 saturated heterocycles. The number of hydrogen-bond donors (Lipinski definition) is 1. The summed E-state index contributed by atoms with van der Waals surface area (Å²) in [6.45, 7) is 8.93. The highest BCUT2D eigenvalue weighted by atomic mass is 16.2. The maximum absolute atomic E-state index is 13.0. The highest BCUT2D eigenvalue weighted by Gasteiger charge is 2.50. The highest BCUT2D eigenvalue weighted by Crippen LogP contribution is 2.42. The first-order valence-corrected chi connectivity index (χ1v) is 8.04. The van der Waals surface area contributed by atoms with Gasteiger partial charge in [-0.1, -0.05) is 34.1 Å². The minimum absolute atomic E-state index is 0.0266. The van der Waals surface area contributed by atoms with E-state index in [1.54, 1.807) is 0 Å². The van der Waals surface area contributed by atoms with Crippen molar-refractivity contribution in [2.45, 2.75) is 77.8 Å². The monoisotopic (exact) mass is 280 g/mol. The highest BCUT2D eigenvalue weighted by molar-refractivity contribution is 5.99. The summed E-state index contributed by atoms with van der Waals surface area (Å²) in [7, 11) is 0. The van der Waals surface area contributed by atoms with Crippen molar-refractivity contribution in [3.8, 4) is 0 Å². The lowest BCUT2D eigenvalue weighted by atomic mass is 9.69. The number of nitrogens with one attached hydrogen (secondary N) is 1. The van der Waals surface area contributed by atoms with Crippen LogP contribution in [0.5, 0.6) is 0 Å². The first kappa shape index (κ1) is 15.3. The van der Waals surface area contributed by atoms with Gasteiger partial charge in [-0.25, -0.2) is 0 Å². The minimum Gasteiger partial charge on any atom is -0.340 e. The van der Waals surface area contributed by atoms with Gasteiger partial charge in [0.05, 0.1) is 0 Å². The summed E-state index contributed by atoms with van der Waals surface area (Å²) in [5.41, 5.74) is -0.462. The molecular weight excluding hydrogens is 252 g/mol. The Hall–Kier alpha value is -1.06. The molecule has 1 unspecified atom stereocenters. The van der Waals surface area contributed by atoms with Gasteiger partial charge in [-0.05, 0) is 37.5 Å². The molecule has 4 heteroatoms. The van der Waals surface area contributed by atoms with Gasteiger partial charge in [0, 0.05) is 6.54 Å². The molecule has 1 saturated carbocycles. The third kappa shape index (κ3) is 2.33. The second-order valence-electron chi connectivity index (χ2n) is 6.80. The van der Waals surface area contributed by atoms with E-state index < -0.39 is 5.54 Å². The van der Waals surface area contributed by atoms with Crippen molar-refractivity contribution in [3.63, 3.8) is 0 Å². The molecule has 20 heavy (non-hydrogen) atoms. The Kier molecular flexibility index (Phi) is 4.12. The van der Waals surface area contributed by atoms with Crippen LogP contribution in [-0.2, 0) is 9.59 Å². The van der Waals surface area contributed by atoms with Crippen molar-refractivity contribution in [3.05, 3.63) is 0 Å². The Balaban J connectivity index is 2.27. The Morgan fingerprint density at radius 2 is 1.80 bits per heavy atom. The molecule has 1 atom stereocenters. The number of nitrogens with zero attached hydrogens (tertiary/aromatic N) is 1. The van der Waals surface area contributed by atoms with E-state index in [0.717, 1.165) is 6.54 Å². The summed E-state index contributed by atoms with van der Waals surface area (Å²) in [6.07, 6.45) is 5.60. The average Bonchev–Trinajstić information content (AvgIpc) is 2.41. The van der Waals surface area contributed by atoms with E-state index in [1.807, 2.05) is 25.7 Å². The van der Waals surface area contributed by atoms with Crippen LogP contribution in [0, 0.1) is 5.41 Å². The largest absolute Gasteiger partial charge is 0.340 e. The summed E-state index contributed by atoms with van der Waals surface area (Å²) in [5.74, 6) is 0.154. The van der Waals surface area contributed by atoms with Crippen LogP contribution in [0.2, 0.25) is 0 Å². The lowest BCUT2D eigenvalue weighted by Crippen LogP contribution is -2.71. The van der Waals surface area contributed by atoms with Crippen LogP contribution in [0.15, 0.2) is 0 Å². The maximum Gasteiger partial charge on any atom is 0.249 e. The lowest BCUT2D eigenvalue weighted by Gasteiger charge is -2.50. The Morgan fingerprint density at radius 3 is 2.20 bits per heavy atom. The van der Waals surface area contributed by atoms with Crippen molar-refractivity contribution in [2.24, 2.45) is 5.41 Å². The first-order chi connectivity index (χ1) is 9.41. The van der Waals surface area contributed by atoms with Gasteiger partial charge in [-0.15, -0.1) is 0 Å². The molecule has 2 aliphatic rings. The molecule has 114 valence electrons. The van der Waals surface area contributed by atoms with Gasteiger partial charge < -0.3 is 10.2 Å². The third-order valence-electron chi connectivity index (χ3n) is 5.42. The normalized spacial score (nSPS) is 28.0. The molecule has 2 rings (SSSR count). The number of amides is 2. The summed E-state index contributed by atoms with van der Waals surface area (Å²) >= 11 is 0. The topological polar surface area (TPSA) is 49.4 Å². The third-order valence-corrected chi connectivity index (χ3v) is 5.42. The smallest absolute Gasteiger partial charge is 0.249 e. The maximum atomic E-state index is 13.0. The molecule has 1 aliphatic carbocycles. The van der Waals surface area contributed by atoms with E-state index in [4.69, 9.17) is 0 Å². The van der Waals surface area contributed by atoms with Gasteiger partial charge >= 0.3 is 0 Å². The van der Waals surface area contributed by atoms with Crippen LogP contribution < -0.4 is 5.32 Å². The number of carbonyl (C=O) groups excluding carboxylic acids is 2. The van der Waals surface area contributed by atoms with E-state index in [2.05, 4.69) is 12.2 Å². The van der Waals surface area contributed by atoms with Crippen LogP contribution in [0.1, 0.15) is 66.2 Å². The van der Waals surface area contributed by atoms with E-state index in [1.165, 1.54) is 19.3 Å². The van der Waals surface area contributed by atoms with Gasteiger partial charge in [0.25, 0.3) is 0 Å². The van der Waals surface area contributed by atoms with E-state index in [-0.39, 0.29) is 23.3 Å².